The Bertz CT molecular complexity index is 863. The molecule has 2 aliphatic rings. The van der Waals surface area contributed by atoms with Crippen molar-refractivity contribution in [3.63, 3.8) is 0 Å². The number of likely N-dealkylation sites (tertiary alicyclic amines) is 2. The Labute approximate surface area is 170 Å². The molecule has 6 heteroatoms. The molecule has 2 aromatic rings. The summed E-state index contributed by atoms with van der Waals surface area (Å²) in [5.74, 6) is 0.290. The van der Waals surface area contributed by atoms with E-state index in [9.17, 15) is 9.59 Å². The van der Waals surface area contributed by atoms with Crippen LogP contribution < -0.4 is 0 Å². The third-order valence-electron chi connectivity index (χ3n) is 5.93. The number of hydrogen-bond donors (Lipinski definition) is 0. The number of piperidine rings is 1. The Morgan fingerprint density at radius 3 is 2.61 bits per heavy atom. The summed E-state index contributed by atoms with van der Waals surface area (Å²) in [6.07, 6.45) is 6.02. The topological polar surface area (TPSA) is 53.5 Å². The van der Waals surface area contributed by atoms with Crippen molar-refractivity contribution in [2.24, 2.45) is 5.41 Å². The van der Waals surface area contributed by atoms with Gasteiger partial charge in [0.25, 0.3) is 5.91 Å². The van der Waals surface area contributed by atoms with E-state index >= 15 is 0 Å². The summed E-state index contributed by atoms with van der Waals surface area (Å²) in [5.41, 5.74) is 1.86. The van der Waals surface area contributed by atoms with E-state index in [1.54, 1.807) is 6.20 Å². The number of thioether (sulfide) groups is 1. The Balaban J connectivity index is 1.40. The van der Waals surface area contributed by atoms with Gasteiger partial charge in [0, 0.05) is 44.2 Å². The molecule has 0 unspecified atom stereocenters. The van der Waals surface area contributed by atoms with Crippen LogP contribution in [-0.4, -0.2) is 52.5 Å². The number of carbonyl (C=O) groups is 2. The van der Waals surface area contributed by atoms with Gasteiger partial charge in [-0.15, -0.1) is 11.8 Å². The highest BCUT2D eigenvalue weighted by molar-refractivity contribution is 7.98. The van der Waals surface area contributed by atoms with Gasteiger partial charge in [0.15, 0.2) is 0 Å². The second kappa shape index (κ2) is 7.95. The first-order chi connectivity index (χ1) is 13.6. The fourth-order valence-electron chi connectivity index (χ4n) is 4.34. The number of benzene rings is 1. The summed E-state index contributed by atoms with van der Waals surface area (Å²) in [5, 5.41) is 0.776. The van der Waals surface area contributed by atoms with E-state index in [0.717, 1.165) is 24.4 Å². The quantitative estimate of drug-likeness (QED) is 0.744. The van der Waals surface area contributed by atoms with Gasteiger partial charge in [0.05, 0.1) is 5.56 Å². The SMILES string of the molecule is CSc1ncccc1C(=O)N1CCC2(CC1)CC(=O)N(Cc1ccccc1)C2. The van der Waals surface area contributed by atoms with E-state index in [1.807, 2.05) is 46.4 Å². The highest BCUT2D eigenvalue weighted by Gasteiger charge is 2.45. The number of hydrogen-bond acceptors (Lipinski definition) is 4. The predicted octanol–water partition coefficient (Wildman–Crippen LogP) is 3.46. The van der Waals surface area contributed by atoms with Gasteiger partial charge < -0.3 is 9.80 Å². The van der Waals surface area contributed by atoms with Gasteiger partial charge in [-0.25, -0.2) is 4.98 Å². The molecule has 4 rings (SSSR count). The minimum atomic E-state index is 0.0138. The zero-order valence-corrected chi connectivity index (χ0v) is 17.0. The number of amides is 2. The Morgan fingerprint density at radius 2 is 1.89 bits per heavy atom. The van der Waals surface area contributed by atoms with Crippen LogP contribution in [0.25, 0.3) is 0 Å². The van der Waals surface area contributed by atoms with Crippen LogP contribution in [0.4, 0.5) is 0 Å². The number of nitrogens with zero attached hydrogens (tertiary/aromatic N) is 3. The zero-order valence-electron chi connectivity index (χ0n) is 16.1. The highest BCUT2D eigenvalue weighted by Crippen LogP contribution is 2.41. The van der Waals surface area contributed by atoms with Gasteiger partial charge in [0.2, 0.25) is 5.91 Å². The molecular weight excluding hydrogens is 370 g/mol. The number of aromatic nitrogens is 1. The first-order valence-corrected chi connectivity index (χ1v) is 10.9. The minimum absolute atomic E-state index is 0.0138. The molecule has 0 N–H and O–H groups in total. The van der Waals surface area contributed by atoms with Crippen molar-refractivity contribution < 1.29 is 9.59 Å². The standard InChI is InChI=1S/C22H25N3O2S/c1-28-20-18(8-5-11-23-20)21(27)24-12-9-22(10-13-24)14-19(26)25(16-22)15-17-6-3-2-4-7-17/h2-8,11H,9-10,12-16H2,1H3. The third kappa shape index (κ3) is 3.78. The van der Waals surface area contributed by atoms with Crippen molar-refractivity contribution >= 4 is 23.6 Å². The maximum absolute atomic E-state index is 12.9. The number of carbonyl (C=O) groups excluding carboxylic acids is 2. The van der Waals surface area contributed by atoms with Gasteiger partial charge in [-0.2, -0.15) is 0 Å². The molecule has 0 atom stereocenters. The molecule has 28 heavy (non-hydrogen) atoms. The maximum atomic E-state index is 12.9. The molecule has 1 spiro atoms. The van der Waals surface area contributed by atoms with Crippen LogP contribution in [0.2, 0.25) is 0 Å². The fourth-order valence-corrected chi connectivity index (χ4v) is 4.88. The van der Waals surface area contributed by atoms with Crippen LogP contribution in [-0.2, 0) is 11.3 Å². The molecule has 146 valence electrons. The number of rotatable bonds is 4. The average molecular weight is 396 g/mol. The van der Waals surface area contributed by atoms with Gasteiger partial charge in [0.1, 0.15) is 5.03 Å². The normalized spacial score (nSPS) is 18.7. The van der Waals surface area contributed by atoms with E-state index in [-0.39, 0.29) is 17.2 Å². The minimum Gasteiger partial charge on any atom is -0.339 e. The first-order valence-electron chi connectivity index (χ1n) is 9.70. The van der Waals surface area contributed by atoms with E-state index in [1.165, 1.54) is 17.3 Å². The molecular formula is C22H25N3O2S. The van der Waals surface area contributed by atoms with E-state index in [4.69, 9.17) is 0 Å². The molecule has 0 radical (unpaired) electrons. The van der Waals surface area contributed by atoms with Crippen molar-refractivity contribution in [1.82, 2.24) is 14.8 Å². The summed E-state index contributed by atoms with van der Waals surface area (Å²) in [6.45, 7) is 2.88. The van der Waals surface area contributed by atoms with E-state index < -0.39 is 0 Å². The third-order valence-corrected chi connectivity index (χ3v) is 6.64. The van der Waals surface area contributed by atoms with Crippen LogP contribution in [0.15, 0.2) is 53.7 Å². The molecule has 0 saturated carbocycles. The zero-order chi connectivity index (χ0) is 19.6. The second-order valence-corrected chi connectivity index (χ2v) is 8.56. The van der Waals surface area contributed by atoms with Gasteiger partial charge in [-0.1, -0.05) is 30.3 Å². The molecule has 3 heterocycles. The van der Waals surface area contributed by atoms with Crippen molar-refractivity contribution in [2.75, 3.05) is 25.9 Å². The molecule has 1 aromatic heterocycles. The van der Waals surface area contributed by atoms with Crippen LogP contribution in [0.1, 0.15) is 35.2 Å². The summed E-state index contributed by atoms with van der Waals surface area (Å²) < 4.78 is 0. The van der Waals surface area contributed by atoms with Gasteiger partial charge in [-0.3, -0.25) is 9.59 Å². The number of pyridine rings is 1. The smallest absolute Gasteiger partial charge is 0.256 e. The fraction of sp³-hybridized carbons (Fsp3) is 0.409. The molecule has 0 bridgehead atoms. The second-order valence-electron chi connectivity index (χ2n) is 7.76. The van der Waals surface area contributed by atoms with Crippen LogP contribution in [0, 0.1) is 5.41 Å². The summed E-state index contributed by atoms with van der Waals surface area (Å²) in [4.78, 5) is 33.8. The lowest BCUT2D eigenvalue weighted by atomic mass is 9.77. The van der Waals surface area contributed by atoms with Crippen molar-refractivity contribution in [2.45, 2.75) is 30.8 Å². The molecule has 2 aliphatic heterocycles. The first kappa shape index (κ1) is 19.0. The summed E-state index contributed by atoms with van der Waals surface area (Å²) in [7, 11) is 0. The average Bonchev–Trinajstić information content (AvgIpc) is 3.03. The molecule has 5 nitrogen and oxygen atoms in total. The van der Waals surface area contributed by atoms with Crippen molar-refractivity contribution in [3.8, 4) is 0 Å². The molecule has 2 amide bonds. The largest absolute Gasteiger partial charge is 0.339 e. The maximum Gasteiger partial charge on any atom is 0.256 e. The Kier molecular flexibility index (Phi) is 5.40. The van der Waals surface area contributed by atoms with Crippen LogP contribution in [0.5, 0.6) is 0 Å². The van der Waals surface area contributed by atoms with Crippen LogP contribution in [0.3, 0.4) is 0 Å². The van der Waals surface area contributed by atoms with Gasteiger partial charge >= 0.3 is 0 Å². The predicted molar refractivity (Wildman–Crippen MR) is 110 cm³/mol. The van der Waals surface area contributed by atoms with Gasteiger partial charge in [-0.05, 0) is 36.8 Å². The molecule has 2 fully saturated rings. The Morgan fingerprint density at radius 1 is 1.14 bits per heavy atom. The molecule has 2 saturated heterocycles. The monoisotopic (exact) mass is 395 g/mol. The van der Waals surface area contributed by atoms with Crippen molar-refractivity contribution in [1.29, 1.82) is 0 Å². The Hall–Kier alpha value is -2.34. The molecule has 1 aromatic carbocycles. The lowest BCUT2D eigenvalue weighted by Gasteiger charge is -2.39. The van der Waals surface area contributed by atoms with E-state index in [2.05, 4.69) is 17.1 Å². The van der Waals surface area contributed by atoms with Crippen LogP contribution >= 0.6 is 11.8 Å². The lowest BCUT2D eigenvalue weighted by molar-refractivity contribution is -0.128. The lowest BCUT2D eigenvalue weighted by Crippen LogP contribution is -2.44. The molecule has 0 aliphatic carbocycles. The highest BCUT2D eigenvalue weighted by atomic mass is 32.2. The summed E-state index contributed by atoms with van der Waals surface area (Å²) >= 11 is 1.50. The summed E-state index contributed by atoms with van der Waals surface area (Å²) in [6, 6.07) is 13.8. The van der Waals surface area contributed by atoms with Crippen molar-refractivity contribution in [3.05, 3.63) is 59.8 Å². The van der Waals surface area contributed by atoms with E-state index in [0.29, 0.717) is 31.6 Å².